The topological polar surface area (TPSA) is 51.2 Å². The molecule has 0 saturated heterocycles. The maximum atomic E-state index is 12.5. The predicted octanol–water partition coefficient (Wildman–Crippen LogP) is 4.87. The smallest absolute Gasteiger partial charge is 0.229 e. The number of rotatable bonds is 5. The third-order valence-electron chi connectivity index (χ3n) is 4.75. The number of nitrogens with zero attached hydrogens (tertiary/aromatic N) is 1. The van der Waals surface area contributed by atoms with Crippen LogP contribution in [-0.2, 0) is 4.79 Å². The van der Waals surface area contributed by atoms with Gasteiger partial charge < -0.3 is 10.1 Å². The van der Waals surface area contributed by atoms with Gasteiger partial charge in [-0.1, -0.05) is 30.3 Å². The van der Waals surface area contributed by atoms with Crippen molar-refractivity contribution in [1.29, 1.82) is 0 Å². The van der Waals surface area contributed by atoms with Crippen LogP contribution in [-0.4, -0.2) is 18.0 Å². The number of methoxy groups -OCH3 is 1. The van der Waals surface area contributed by atoms with Gasteiger partial charge in [0.05, 0.1) is 12.8 Å². The van der Waals surface area contributed by atoms with E-state index in [4.69, 9.17) is 4.74 Å². The molecular weight excluding hydrogens is 344 g/mol. The summed E-state index contributed by atoms with van der Waals surface area (Å²) in [4.78, 5) is 18.3. The molecule has 5 heteroatoms. The van der Waals surface area contributed by atoms with Crippen molar-refractivity contribution in [3.8, 4) is 17.0 Å². The van der Waals surface area contributed by atoms with Gasteiger partial charge in [-0.15, -0.1) is 11.3 Å². The lowest BCUT2D eigenvalue weighted by Gasteiger charge is -2.02. The normalized spacial score (nSPS) is 18.4. The van der Waals surface area contributed by atoms with Crippen molar-refractivity contribution in [3.05, 3.63) is 65.0 Å². The minimum Gasteiger partial charge on any atom is -0.497 e. The minimum absolute atomic E-state index is 0.0473. The fraction of sp³-hybridized carbons (Fsp3) is 0.238. The van der Waals surface area contributed by atoms with Crippen LogP contribution in [0.25, 0.3) is 11.3 Å². The van der Waals surface area contributed by atoms with Gasteiger partial charge in [0.15, 0.2) is 5.13 Å². The Hall–Kier alpha value is -2.66. The van der Waals surface area contributed by atoms with E-state index >= 15 is 0 Å². The molecule has 0 spiro atoms. The monoisotopic (exact) mass is 364 g/mol. The molecule has 1 aliphatic rings. The van der Waals surface area contributed by atoms with E-state index in [9.17, 15) is 4.79 Å². The fourth-order valence-corrected chi connectivity index (χ4v) is 4.06. The van der Waals surface area contributed by atoms with Gasteiger partial charge >= 0.3 is 0 Å². The molecule has 1 aromatic heterocycles. The molecule has 1 aliphatic carbocycles. The number of thiazole rings is 1. The number of nitrogens with one attached hydrogen (secondary N) is 1. The number of hydrogen-bond acceptors (Lipinski definition) is 4. The summed E-state index contributed by atoms with van der Waals surface area (Å²) in [6, 6.07) is 18.0. The van der Waals surface area contributed by atoms with E-state index in [1.807, 2.05) is 49.4 Å². The van der Waals surface area contributed by atoms with Gasteiger partial charge in [0.25, 0.3) is 0 Å². The maximum absolute atomic E-state index is 12.5. The molecular formula is C21H20N2O2S. The summed E-state index contributed by atoms with van der Waals surface area (Å²) in [5.74, 6) is 1.26. The van der Waals surface area contributed by atoms with Crippen LogP contribution in [0.1, 0.15) is 22.8 Å². The van der Waals surface area contributed by atoms with Crippen molar-refractivity contribution in [2.75, 3.05) is 12.4 Å². The Morgan fingerprint density at radius 2 is 1.88 bits per heavy atom. The number of aryl methyl sites for hydroxylation is 1. The number of hydrogen-bond donors (Lipinski definition) is 1. The Morgan fingerprint density at radius 1 is 1.15 bits per heavy atom. The number of benzene rings is 2. The van der Waals surface area contributed by atoms with E-state index in [-0.39, 0.29) is 11.8 Å². The van der Waals surface area contributed by atoms with Crippen molar-refractivity contribution in [2.24, 2.45) is 5.92 Å². The highest BCUT2D eigenvalue weighted by molar-refractivity contribution is 7.16. The average molecular weight is 364 g/mol. The summed E-state index contributed by atoms with van der Waals surface area (Å²) in [5.41, 5.74) is 3.17. The fourth-order valence-electron chi connectivity index (χ4n) is 3.22. The molecule has 1 N–H and O–H groups in total. The predicted molar refractivity (Wildman–Crippen MR) is 105 cm³/mol. The second-order valence-electron chi connectivity index (χ2n) is 6.50. The zero-order chi connectivity index (χ0) is 18.1. The van der Waals surface area contributed by atoms with E-state index < -0.39 is 0 Å². The lowest BCUT2D eigenvalue weighted by Crippen LogP contribution is -2.14. The molecule has 1 amide bonds. The SMILES string of the molecule is COc1ccc(-c2nc(NC(=O)C3CC3c3ccccc3)sc2C)cc1. The van der Waals surface area contributed by atoms with Crippen LogP contribution < -0.4 is 10.1 Å². The summed E-state index contributed by atoms with van der Waals surface area (Å²) in [5, 5.41) is 3.66. The van der Waals surface area contributed by atoms with Gasteiger partial charge in [-0.3, -0.25) is 4.79 Å². The molecule has 26 heavy (non-hydrogen) atoms. The van der Waals surface area contributed by atoms with E-state index in [1.54, 1.807) is 7.11 Å². The standard InChI is InChI=1S/C21H20N2O2S/c1-13-19(15-8-10-16(25-2)11-9-15)22-21(26-13)23-20(24)18-12-17(18)14-6-4-3-5-7-14/h3-11,17-18H,12H2,1-2H3,(H,22,23,24). The van der Waals surface area contributed by atoms with E-state index in [2.05, 4.69) is 22.4 Å². The van der Waals surface area contributed by atoms with Gasteiger partial charge in [-0.05, 0) is 49.1 Å². The lowest BCUT2D eigenvalue weighted by atomic mass is 10.1. The average Bonchev–Trinajstić information content (AvgIpc) is 3.40. The molecule has 4 nitrogen and oxygen atoms in total. The number of carbonyl (C=O) groups excluding carboxylic acids is 1. The largest absolute Gasteiger partial charge is 0.497 e. The zero-order valence-corrected chi connectivity index (χ0v) is 15.5. The first-order chi connectivity index (χ1) is 12.7. The number of carbonyl (C=O) groups is 1. The van der Waals surface area contributed by atoms with Crippen molar-refractivity contribution in [3.63, 3.8) is 0 Å². The van der Waals surface area contributed by atoms with Gasteiger partial charge in [0.1, 0.15) is 5.75 Å². The van der Waals surface area contributed by atoms with E-state index in [0.717, 1.165) is 28.3 Å². The number of anilines is 1. The molecule has 2 unspecified atom stereocenters. The Labute approximate surface area is 156 Å². The van der Waals surface area contributed by atoms with Crippen molar-refractivity contribution in [2.45, 2.75) is 19.3 Å². The number of aromatic nitrogens is 1. The summed E-state index contributed by atoms with van der Waals surface area (Å²) in [6.07, 6.45) is 0.908. The van der Waals surface area contributed by atoms with Crippen LogP contribution in [0, 0.1) is 12.8 Å². The Balaban J connectivity index is 1.45. The van der Waals surface area contributed by atoms with Gasteiger partial charge in [0.2, 0.25) is 5.91 Å². The first-order valence-corrected chi connectivity index (χ1v) is 9.45. The molecule has 0 bridgehead atoms. The molecule has 0 aliphatic heterocycles. The summed E-state index contributed by atoms with van der Waals surface area (Å²) < 4.78 is 5.20. The highest BCUT2D eigenvalue weighted by atomic mass is 32.1. The van der Waals surface area contributed by atoms with Crippen LogP contribution >= 0.6 is 11.3 Å². The Bertz CT molecular complexity index is 919. The second-order valence-corrected chi connectivity index (χ2v) is 7.70. The molecule has 0 radical (unpaired) electrons. The first-order valence-electron chi connectivity index (χ1n) is 8.63. The third-order valence-corrected chi connectivity index (χ3v) is 5.63. The molecule has 2 atom stereocenters. The van der Waals surface area contributed by atoms with Crippen LogP contribution in [0.15, 0.2) is 54.6 Å². The van der Waals surface area contributed by atoms with Crippen molar-refractivity contribution in [1.82, 2.24) is 4.98 Å². The van der Waals surface area contributed by atoms with Crippen molar-refractivity contribution >= 4 is 22.4 Å². The van der Waals surface area contributed by atoms with E-state index in [0.29, 0.717) is 11.0 Å². The maximum Gasteiger partial charge on any atom is 0.229 e. The van der Waals surface area contributed by atoms with Crippen LogP contribution in [0.2, 0.25) is 0 Å². The number of amides is 1. The lowest BCUT2D eigenvalue weighted by molar-refractivity contribution is -0.117. The highest BCUT2D eigenvalue weighted by Crippen LogP contribution is 2.48. The van der Waals surface area contributed by atoms with Gasteiger partial charge in [-0.25, -0.2) is 4.98 Å². The zero-order valence-electron chi connectivity index (χ0n) is 14.7. The van der Waals surface area contributed by atoms with E-state index in [1.165, 1.54) is 16.9 Å². The highest BCUT2D eigenvalue weighted by Gasteiger charge is 2.44. The quantitative estimate of drug-likeness (QED) is 0.703. The van der Waals surface area contributed by atoms with Crippen molar-refractivity contribution < 1.29 is 9.53 Å². The molecule has 4 rings (SSSR count). The minimum atomic E-state index is 0.0473. The summed E-state index contributed by atoms with van der Waals surface area (Å²) in [7, 11) is 1.65. The first kappa shape index (κ1) is 16.8. The van der Waals surface area contributed by atoms with Crippen LogP contribution in [0.3, 0.4) is 0 Å². The Kier molecular flexibility index (Phi) is 4.47. The summed E-state index contributed by atoms with van der Waals surface area (Å²) >= 11 is 1.52. The van der Waals surface area contributed by atoms with Crippen LogP contribution in [0.5, 0.6) is 5.75 Å². The molecule has 1 saturated carbocycles. The van der Waals surface area contributed by atoms with Crippen LogP contribution in [0.4, 0.5) is 5.13 Å². The third kappa shape index (κ3) is 3.35. The Morgan fingerprint density at radius 3 is 2.58 bits per heavy atom. The molecule has 132 valence electrons. The molecule has 3 aromatic rings. The second kappa shape index (κ2) is 6.92. The molecule has 1 fully saturated rings. The van der Waals surface area contributed by atoms with Gasteiger partial charge in [-0.2, -0.15) is 0 Å². The summed E-state index contributed by atoms with van der Waals surface area (Å²) in [6.45, 7) is 2.02. The van der Waals surface area contributed by atoms with Gasteiger partial charge in [0, 0.05) is 16.4 Å². The molecule has 1 heterocycles. The number of ether oxygens (including phenoxy) is 1. The molecule has 2 aromatic carbocycles.